The largest absolute Gasteiger partial charge is 0.324 e. The SMILES string of the molecule is CN(C)CCn1ccc(NC(=O)N2CC[C@@H](c3cnn(C)c3)C2)n1. The van der Waals surface area contributed by atoms with Crippen molar-refractivity contribution in [1.82, 2.24) is 29.4 Å². The lowest BCUT2D eigenvalue weighted by Crippen LogP contribution is -2.33. The minimum atomic E-state index is -0.0840. The van der Waals surface area contributed by atoms with Crippen LogP contribution in [0.25, 0.3) is 0 Å². The summed E-state index contributed by atoms with van der Waals surface area (Å²) in [6.45, 7) is 3.19. The second-order valence-corrected chi connectivity index (χ2v) is 6.58. The maximum absolute atomic E-state index is 12.4. The molecule has 2 aromatic rings. The molecule has 2 amide bonds. The summed E-state index contributed by atoms with van der Waals surface area (Å²) >= 11 is 0. The van der Waals surface area contributed by atoms with Gasteiger partial charge in [-0.2, -0.15) is 10.2 Å². The van der Waals surface area contributed by atoms with Crippen LogP contribution in [-0.4, -0.2) is 69.1 Å². The Labute approximate surface area is 142 Å². The van der Waals surface area contributed by atoms with Crippen molar-refractivity contribution >= 4 is 11.8 Å². The van der Waals surface area contributed by atoms with Gasteiger partial charge in [0.1, 0.15) is 0 Å². The van der Waals surface area contributed by atoms with Crippen LogP contribution in [0.3, 0.4) is 0 Å². The number of urea groups is 1. The Bertz CT molecular complexity index is 690. The quantitative estimate of drug-likeness (QED) is 0.894. The summed E-state index contributed by atoms with van der Waals surface area (Å²) in [7, 11) is 5.96. The molecular formula is C16H25N7O. The van der Waals surface area contributed by atoms with Crippen molar-refractivity contribution < 1.29 is 4.79 Å². The van der Waals surface area contributed by atoms with Gasteiger partial charge in [0.25, 0.3) is 0 Å². The Kier molecular flexibility index (Phi) is 4.84. The number of likely N-dealkylation sites (tertiary alicyclic amines) is 1. The first kappa shape index (κ1) is 16.5. The molecule has 0 aromatic carbocycles. The minimum Gasteiger partial charge on any atom is -0.324 e. The summed E-state index contributed by atoms with van der Waals surface area (Å²) in [4.78, 5) is 16.4. The monoisotopic (exact) mass is 331 g/mol. The molecule has 1 fully saturated rings. The summed E-state index contributed by atoms with van der Waals surface area (Å²) < 4.78 is 3.65. The molecule has 1 N–H and O–H groups in total. The number of hydrogen-bond acceptors (Lipinski definition) is 4. The summed E-state index contributed by atoms with van der Waals surface area (Å²) in [5.41, 5.74) is 1.20. The lowest BCUT2D eigenvalue weighted by atomic mass is 10.0. The van der Waals surface area contributed by atoms with Gasteiger partial charge >= 0.3 is 6.03 Å². The molecule has 0 unspecified atom stereocenters. The number of amides is 2. The number of aryl methyl sites for hydroxylation is 1. The van der Waals surface area contributed by atoms with Crippen LogP contribution in [0.15, 0.2) is 24.7 Å². The van der Waals surface area contributed by atoms with Crippen molar-refractivity contribution in [2.45, 2.75) is 18.9 Å². The molecule has 3 rings (SSSR count). The third-order valence-electron chi connectivity index (χ3n) is 4.32. The molecule has 3 heterocycles. The van der Waals surface area contributed by atoms with Gasteiger partial charge in [0.2, 0.25) is 0 Å². The normalized spacial score (nSPS) is 17.7. The molecule has 1 aliphatic rings. The molecule has 0 spiro atoms. The zero-order valence-corrected chi connectivity index (χ0v) is 14.5. The van der Waals surface area contributed by atoms with Crippen LogP contribution in [0.5, 0.6) is 0 Å². The second kappa shape index (κ2) is 7.04. The highest BCUT2D eigenvalue weighted by Crippen LogP contribution is 2.27. The third kappa shape index (κ3) is 3.94. The Hall–Kier alpha value is -2.35. The van der Waals surface area contributed by atoms with E-state index < -0.39 is 0 Å². The van der Waals surface area contributed by atoms with Gasteiger partial charge in [-0.3, -0.25) is 14.7 Å². The van der Waals surface area contributed by atoms with Gasteiger partial charge in [0.05, 0.1) is 12.7 Å². The molecule has 1 saturated heterocycles. The number of aromatic nitrogens is 4. The van der Waals surface area contributed by atoms with Crippen LogP contribution >= 0.6 is 0 Å². The fourth-order valence-electron chi connectivity index (χ4n) is 2.91. The Morgan fingerprint density at radius 3 is 3.00 bits per heavy atom. The molecule has 1 atom stereocenters. The van der Waals surface area contributed by atoms with Crippen LogP contribution in [0.1, 0.15) is 17.9 Å². The summed E-state index contributed by atoms with van der Waals surface area (Å²) in [5.74, 6) is 0.964. The van der Waals surface area contributed by atoms with Crippen molar-refractivity contribution in [2.75, 3.05) is 39.0 Å². The van der Waals surface area contributed by atoms with E-state index in [1.54, 1.807) is 4.68 Å². The van der Waals surface area contributed by atoms with E-state index in [-0.39, 0.29) is 6.03 Å². The molecule has 130 valence electrons. The first-order chi connectivity index (χ1) is 11.5. The summed E-state index contributed by atoms with van der Waals surface area (Å²) in [5, 5.41) is 11.5. The van der Waals surface area contributed by atoms with E-state index in [4.69, 9.17) is 0 Å². The number of carbonyl (C=O) groups excluding carboxylic acids is 1. The van der Waals surface area contributed by atoms with Crippen LogP contribution < -0.4 is 5.32 Å². The number of hydrogen-bond donors (Lipinski definition) is 1. The first-order valence-corrected chi connectivity index (χ1v) is 8.24. The summed E-state index contributed by atoms with van der Waals surface area (Å²) in [6, 6.07) is 1.75. The fourth-order valence-corrected chi connectivity index (χ4v) is 2.91. The zero-order chi connectivity index (χ0) is 17.1. The van der Waals surface area contributed by atoms with Gasteiger partial charge < -0.3 is 9.80 Å². The van der Waals surface area contributed by atoms with Gasteiger partial charge in [0.15, 0.2) is 5.82 Å². The Balaban J connectivity index is 1.52. The van der Waals surface area contributed by atoms with E-state index in [2.05, 4.69) is 20.4 Å². The maximum atomic E-state index is 12.4. The van der Waals surface area contributed by atoms with E-state index >= 15 is 0 Å². The number of anilines is 1. The number of rotatable bonds is 5. The molecule has 2 aromatic heterocycles. The average molecular weight is 331 g/mol. The lowest BCUT2D eigenvalue weighted by Gasteiger charge is -2.16. The number of carbonyl (C=O) groups is 1. The highest BCUT2D eigenvalue weighted by atomic mass is 16.2. The molecule has 24 heavy (non-hydrogen) atoms. The van der Waals surface area contributed by atoms with Crippen LogP contribution in [0.4, 0.5) is 10.6 Å². The summed E-state index contributed by atoms with van der Waals surface area (Å²) in [6.07, 6.45) is 6.77. The first-order valence-electron chi connectivity index (χ1n) is 8.24. The van der Waals surface area contributed by atoms with Gasteiger partial charge in [-0.1, -0.05) is 0 Å². The molecule has 8 heteroatoms. The highest BCUT2D eigenvalue weighted by molar-refractivity contribution is 5.88. The fraction of sp³-hybridized carbons (Fsp3) is 0.562. The molecule has 0 aliphatic carbocycles. The maximum Gasteiger partial charge on any atom is 0.323 e. The third-order valence-corrected chi connectivity index (χ3v) is 4.32. The second-order valence-electron chi connectivity index (χ2n) is 6.58. The van der Waals surface area contributed by atoms with Crippen LogP contribution in [0.2, 0.25) is 0 Å². The lowest BCUT2D eigenvalue weighted by molar-refractivity contribution is 0.222. The predicted molar refractivity (Wildman–Crippen MR) is 91.9 cm³/mol. The van der Waals surface area contributed by atoms with E-state index in [1.807, 2.05) is 55.4 Å². The van der Waals surface area contributed by atoms with Gasteiger partial charge in [-0.05, 0) is 26.1 Å². The van der Waals surface area contributed by atoms with E-state index in [9.17, 15) is 4.79 Å². The van der Waals surface area contributed by atoms with Crippen molar-refractivity contribution in [2.24, 2.45) is 7.05 Å². The molecule has 1 aliphatic heterocycles. The molecule has 8 nitrogen and oxygen atoms in total. The smallest absolute Gasteiger partial charge is 0.323 e. The number of likely N-dealkylation sites (N-methyl/N-ethyl adjacent to an activating group) is 1. The van der Waals surface area contributed by atoms with Gasteiger partial charge in [-0.15, -0.1) is 0 Å². The Morgan fingerprint density at radius 1 is 1.46 bits per heavy atom. The average Bonchev–Trinajstić information content (AvgIpc) is 3.24. The highest BCUT2D eigenvalue weighted by Gasteiger charge is 2.28. The molecule has 0 radical (unpaired) electrons. The Morgan fingerprint density at radius 2 is 2.29 bits per heavy atom. The predicted octanol–water partition coefficient (Wildman–Crippen LogP) is 1.20. The van der Waals surface area contributed by atoms with Crippen molar-refractivity contribution in [3.05, 3.63) is 30.2 Å². The van der Waals surface area contributed by atoms with Crippen molar-refractivity contribution in [3.8, 4) is 0 Å². The van der Waals surface area contributed by atoms with Crippen molar-refractivity contribution in [1.29, 1.82) is 0 Å². The van der Waals surface area contributed by atoms with E-state index in [0.29, 0.717) is 11.7 Å². The molecule has 0 saturated carbocycles. The number of nitrogens with zero attached hydrogens (tertiary/aromatic N) is 6. The standard InChI is InChI=1S/C16H25N7O/c1-20(2)8-9-23-7-5-15(19-23)18-16(24)22-6-4-13(12-22)14-10-17-21(3)11-14/h5,7,10-11,13H,4,6,8-9,12H2,1-3H3,(H,18,19,24)/t13-/m1/s1. The van der Waals surface area contributed by atoms with Crippen LogP contribution in [0, 0.1) is 0 Å². The van der Waals surface area contributed by atoms with Crippen molar-refractivity contribution in [3.63, 3.8) is 0 Å². The topological polar surface area (TPSA) is 71.2 Å². The van der Waals surface area contributed by atoms with Crippen LogP contribution in [-0.2, 0) is 13.6 Å². The number of nitrogens with one attached hydrogen (secondary N) is 1. The van der Waals surface area contributed by atoms with E-state index in [1.165, 1.54) is 5.56 Å². The zero-order valence-electron chi connectivity index (χ0n) is 14.5. The van der Waals surface area contributed by atoms with Gasteiger partial charge in [0, 0.05) is 51.1 Å². The van der Waals surface area contributed by atoms with Gasteiger partial charge in [-0.25, -0.2) is 4.79 Å². The minimum absolute atomic E-state index is 0.0840. The molecule has 0 bridgehead atoms. The van der Waals surface area contributed by atoms with E-state index in [0.717, 1.165) is 32.6 Å². The molecular weight excluding hydrogens is 306 g/mol.